The Balaban J connectivity index is 1.85. The topological polar surface area (TPSA) is 65.4 Å². The number of hydrogen-bond acceptors (Lipinski definition) is 4. The molecule has 0 N–H and O–H groups in total. The van der Waals surface area contributed by atoms with E-state index in [4.69, 9.17) is 4.74 Å². The summed E-state index contributed by atoms with van der Waals surface area (Å²) in [5.41, 5.74) is 3.26. The Hall–Kier alpha value is -3.47. The van der Waals surface area contributed by atoms with E-state index in [-0.39, 0.29) is 22.8 Å². The number of benzene rings is 2. The van der Waals surface area contributed by atoms with Gasteiger partial charge in [-0.1, -0.05) is 48.5 Å². The zero-order valence-electron chi connectivity index (χ0n) is 17.1. The number of fused-ring (bicyclic) bond motifs is 6. The van der Waals surface area contributed by atoms with E-state index in [0.29, 0.717) is 35.3 Å². The summed E-state index contributed by atoms with van der Waals surface area (Å²) in [7, 11) is 0. The molecule has 0 fully saturated rings. The van der Waals surface area contributed by atoms with Gasteiger partial charge in [0.25, 0.3) is 0 Å². The van der Waals surface area contributed by atoms with Crippen LogP contribution in [-0.4, -0.2) is 27.7 Å². The first-order valence-corrected chi connectivity index (χ1v) is 10.0. The molecule has 2 aliphatic rings. The highest BCUT2D eigenvalue weighted by molar-refractivity contribution is 6.32. The van der Waals surface area contributed by atoms with Crippen molar-refractivity contribution in [1.29, 1.82) is 0 Å². The molecule has 0 spiro atoms. The highest BCUT2D eigenvalue weighted by Crippen LogP contribution is 2.42. The minimum absolute atomic E-state index is 0.166. The molecule has 1 aliphatic heterocycles. The Kier molecular flexibility index (Phi) is 3.87. The summed E-state index contributed by atoms with van der Waals surface area (Å²) in [4.78, 5) is 40.3. The van der Waals surface area contributed by atoms with E-state index in [1.54, 1.807) is 45.0 Å². The molecule has 30 heavy (non-hydrogen) atoms. The van der Waals surface area contributed by atoms with E-state index in [1.165, 1.54) is 0 Å². The van der Waals surface area contributed by atoms with Gasteiger partial charge in [-0.25, -0.2) is 4.79 Å². The van der Waals surface area contributed by atoms with Crippen LogP contribution in [0, 0.1) is 0 Å². The van der Waals surface area contributed by atoms with E-state index < -0.39 is 11.6 Å². The van der Waals surface area contributed by atoms with Gasteiger partial charge in [0.15, 0.2) is 11.6 Å². The maximum atomic E-state index is 13.5. The molecule has 2 aromatic carbocycles. The standard InChI is InChI=1S/C25H21NO4/c1-25(2,3)30-24(29)21-19-18(22(27)16-10-6-7-11-17(16)23(19)28)20-15-9-5-4-8-14(15)12-13-26(20)21/h4-11H,12-13H2,1-3H3. The summed E-state index contributed by atoms with van der Waals surface area (Å²) in [6.07, 6.45) is 0.710. The fourth-order valence-electron chi connectivity index (χ4n) is 4.45. The minimum atomic E-state index is -0.721. The summed E-state index contributed by atoms with van der Waals surface area (Å²) < 4.78 is 7.46. The molecule has 2 heterocycles. The van der Waals surface area contributed by atoms with Crippen molar-refractivity contribution in [3.63, 3.8) is 0 Å². The van der Waals surface area contributed by atoms with Gasteiger partial charge in [-0.3, -0.25) is 9.59 Å². The van der Waals surface area contributed by atoms with Crippen LogP contribution >= 0.6 is 0 Å². The van der Waals surface area contributed by atoms with E-state index in [1.807, 2.05) is 28.8 Å². The Morgan fingerprint density at radius 1 is 0.867 bits per heavy atom. The third kappa shape index (κ3) is 2.58. The summed E-state index contributed by atoms with van der Waals surface area (Å²) in [5, 5.41) is 0. The van der Waals surface area contributed by atoms with Gasteiger partial charge in [-0.15, -0.1) is 0 Å². The smallest absolute Gasteiger partial charge is 0.356 e. The molecule has 0 atom stereocenters. The number of aromatic nitrogens is 1. The summed E-state index contributed by atoms with van der Waals surface area (Å²) in [6.45, 7) is 5.86. The van der Waals surface area contributed by atoms with Crippen LogP contribution in [0.4, 0.5) is 0 Å². The molecule has 0 radical (unpaired) electrons. The highest BCUT2D eigenvalue weighted by atomic mass is 16.6. The zero-order valence-corrected chi connectivity index (χ0v) is 17.1. The fourth-order valence-corrected chi connectivity index (χ4v) is 4.45. The lowest BCUT2D eigenvalue weighted by Gasteiger charge is -2.23. The highest BCUT2D eigenvalue weighted by Gasteiger charge is 2.42. The second-order valence-corrected chi connectivity index (χ2v) is 8.71. The van der Waals surface area contributed by atoms with E-state index in [2.05, 4.69) is 0 Å². The van der Waals surface area contributed by atoms with Crippen molar-refractivity contribution in [2.45, 2.75) is 39.3 Å². The maximum Gasteiger partial charge on any atom is 0.356 e. The van der Waals surface area contributed by atoms with Crippen LogP contribution < -0.4 is 0 Å². The largest absolute Gasteiger partial charge is 0.455 e. The normalized spacial score (nSPS) is 14.5. The average Bonchev–Trinajstić information content (AvgIpc) is 3.07. The third-order valence-corrected chi connectivity index (χ3v) is 5.60. The molecule has 0 saturated carbocycles. The number of hydrogen-bond donors (Lipinski definition) is 0. The van der Waals surface area contributed by atoms with E-state index >= 15 is 0 Å². The van der Waals surface area contributed by atoms with E-state index in [9.17, 15) is 14.4 Å². The van der Waals surface area contributed by atoms with Gasteiger partial charge in [-0.2, -0.15) is 0 Å². The second kappa shape index (κ2) is 6.26. The fraction of sp³-hybridized carbons (Fsp3) is 0.240. The number of carbonyl (C=O) groups excluding carboxylic acids is 3. The molecule has 5 rings (SSSR count). The SMILES string of the molecule is CC(C)(C)OC(=O)c1c2c(c3n1CCc1ccccc1-3)C(=O)c1ccccc1C2=O. The number of ketones is 2. The second-order valence-electron chi connectivity index (χ2n) is 8.71. The first-order chi connectivity index (χ1) is 14.3. The van der Waals surface area contributed by atoms with Crippen LogP contribution in [0.2, 0.25) is 0 Å². The van der Waals surface area contributed by atoms with Gasteiger partial charge in [0.2, 0.25) is 0 Å². The molecule has 3 aromatic rings. The molecule has 0 saturated heterocycles. The van der Waals surface area contributed by atoms with Gasteiger partial charge in [0.1, 0.15) is 11.3 Å². The third-order valence-electron chi connectivity index (χ3n) is 5.60. The lowest BCUT2D eigenvalue weighted by atomic mass is 9.83. The predicted octanol–water partition coefficient (Wildman–Crippen LogP) is 4.44. The maximum absolute atomic E-state index is 13.5. The predicted molar refractivity (Wildman–Crippen MR) is 112 cm³/mol. The van der Waals surface area contributed by atoms with Crippen LogP contribution in [-0.2, 0) is 17.7 Å². The molecule has 5 heteroatoms. The quantitative estimate of drug-likeness (QED) is 0.444. The van der Waals surface area contributed by atoms with Crippen molar-refractivity contribution in [1.82, 2.24) is 4.57 Å². The van der Waals surface area contributed by atoms with Crippen molar-refractivity contribution in [3.05, 3.63) is 82.0 Å². The molecule has 0 amide bonds. The minimum Gasteiger partial charge on any atom is -0.455 e. The first-order valence-electron chi connectivity index (χ1n) is 10.0. The van der Waals surface area contributed by atoms with Crippen molar-refractivity contribution in [2.24, 2.45) is 0 Å². The lowest BCUT2D eigenvalue weighted by Crippen LogP contribution is -2.28. The Bertz CT molecular complexity index is 1260. The van der Waals surface area contributed by atoms with Crippen LogP contribution in [0.15, 0.2) is 48.5 Å². The van der Waals surface area contributed by atoms with Gasteiger partial charge in [-0.05, 0) is 32.8 Å². The van der Waals surface area contributed by atoms with Crippen molar-refractivity contribution >= 4 is 17.5 Å². The Morgan fingerprint density at radius 3 is 2.07 bits per heavy atom. The Morgan fingerprint density at radius 2 is 1.43 bits per heavy atom. The van der Waals surface area contributed by atoms with Crippen molar-refractivity contribution in [2.75, 3.05) is 0 Å². The molecule has 5 nitrogen and oxygen atoms in total. The molecular weight excluding hydrogens is 378 g/mol. The number of rotatable bonds is 1. The van der Waals surface area contributed by atoms with Crippen molar-refractivity contribution < 1.29 is 19.1 Å². The van der Waals surface area contributed by atoms with Crippen LogP contribution in [0.1, 0.15) is 68.7 Å². The summed E-state index contributed by atoms with van der Waals surface area (Å²) >= 11 is 0. The first kappa shape index (κ1) is 18.6. The number of carbonyl (C=O) groups is 3. The monoisotopic (exact) mass is 399 g/mol. The number of aryl methyl sites for hydroxylation is 1. The molecule has 1 aliphatic carbocycles. The van der Waals surface area contributed by atoms with Crippen LogP contribution in [0.5, 0.6) is 0 Å². The lowest BCUT2D eigenvalue weighted by molar-refractivity contribution is 0.00560. The number of ether oxygens (including phenoxy) is 1. The van der Waals surface area contributed by atoms with Crippen molar-refractivity contribution in [3.8, 4) is 11.3 Å². The molecule has 1 aromatic heterocycles. The Labute approximate surface area is 174 Å². The molecule has 0 bridgehead atoms. The van der Waals surface area contributed by atoms with Gasteiger partial charge >= 0.3 is 5.97 Å². The molecular formula is C25H21NO4. The number of esters is 1. The van der Waals surface area contributed by atoms with Crippen LogP contribution in [0.25, 0.3) is 11.3 Å². The van der Waals surface area contributed by atoms with Gasteiger partial charge in [0, 0.05) is 23.2 Å². The summed E-state index contributed by atoms with van der Waals surface area (Å²) in [5.74, 6) is -1.11. The summed E-state index contributed by atoms with van der Waals surface area (Å²) in [6, 6.07) is 14.6. The molecule has 150 valence electrons. The van der Waals surface area contributed by atoms with Gasteiger partial charge < -0.3 is 9.30 Å². The van der Waals surface area contributed by atoms with Gasteiger partial charge in [0.05, 0.1) is 16.8 Å². The van der Waals surface area contributed by atoms with Crippen LogP contribution in [0.3, 0.4) is 0 Å². The van der Waals surface area contributed by atoms with E-state index in [0.717, 1.165) is 11.1 Å². The molecule has 0 unspecified atom stereocenters. The zero-order chi connectivity index (χ0) is 21.2. The number of nitrogens with zero attached hydrogens (tertiary/aromatic N) is 1. The average molecular weight is 399 g/mol.